The molecule has 0 aromatic heterocycles. The Morgan fingerprint density at radius 1 is 1.19 bits per heavy atom. The molecule has 0 aliphatic rings. The first-order chi connectivity index (χ1) is 12.3. The van der Waals surface area contributed by atoms with Crippen molar-refractivity contribution in [3.63, 3.8) is 0 Å². The van der Waals surface area contributed by atoms with Gasteiger partial charge in [-0.05, 0) is 32.0 Å². The molecule has 26 heavy (non-hydrogen) atoms. The molecule has 0 amide bonds. The number of rotatable bonds is 10. The largest absolute Gasteiger partial charge is 0.354 e. The van der Waals surface area contributed by atoms with Crippen LogP contribution in [0.15, 0.2) is 35.3 Å². The van der Waals surface area contributed by atoms with Gasteiger partial charge in [0.25, 0.3) is 0 Å². The minimum Gasteiger partial charge on any atom is -0.354 e. The number of benzene rings is 1. The molecule has 1 aromatic rings. The summed E-state index contributed by atoms with van der Waals surface area (Å²) in [6.45, 7) is 8.96. The van der Waals surface area contributed by atoms with Crippen LogP contribution in [-0.4, -0.2) is 64.0 Å². The van der Waals surface area contributed by atoms with Gasteiger partial charge in [0.2, 0.25) is 0 Å². The minimum atomic E-state index is -2.95. The predicted molar refractivity (Wildman–Crippen MR) is 110 cm³/mol. The Bertz CT molecular complexity index is 643. The molecular weight excluding hydrogens is 348 g/mol. The second kappa shape index (κ2) is 11.2. The van der Waals surface area contributed by atoms with E-state index in [2.05, 4.69) is 58.6 Å². The molecule has 0 fully saturated rings. The fourth-order valence-electron chi connectivity index (χ4n) is 2.88. The van der Waals surface area contributed by atoms with E-state index in [1.807, 2.05) is 13.0 Å². The van der Waals surface area contributed by atoms with Crippen molar-refractivity contribution in [1.82, 2.24) is 15.5 Å². The van der Waals surface area contributed by atoms with Gasteiger partial charge in [-0.25, -0.2) is 8.42 Å². The first kappa shape index (κ1) is 22.4. The molecule has 1 aromatic carbocycles. The molecule has 2 unspecified atom stereocenters. The van der Waals surface area contributed by atoms with E-state index in [4.69, 9.17) is 0 Å². The van der Waals surface area contributed by atoms with Crippen molar-refractivity contribution in [2.45, 2.75) is 39.3 Å². The number of hydrogen-bond acceptors (Lipinski definition) is 4. The van der Waals surface area contributed by atoms with Crippen LogP contribution < -0.4 is 10.6 Å². The van der Waals surface area contributed by atoms with Crippen molar-refractivity contribution in [2.75, 3.05) is 38.7 Å². The highest BCUT2D eigenvalue weighted by Crippen LogP contribution is 2.19. The second-order valence-corrected chi connectivity index (χ2v) is 8.82. The van der Waals surface area contributed by atoms with Crippen LogP contribution in [-0.2, 0) is 9.84 Å². The number of nitrogens with one attached hydrogen (secondary N) is 2. The molecule has 0 aliphatic carbocycles. The molecule has 1 rings (SSSR count). The van der Waals surface area contributed by atoms with Crippen LogP contribution in [0.2, 0.25) is 0 Å². The predicted octanol–water partition coefficient (Wildman–Crippen LogP) is 2.06. The van der Waals surface area contributed by atoms with Crippen LogP contribution in [0.1, 0.15) is 38.8 Å². The third-order valence-electron chi connectivity index (χ3n) is 4.43. The molecular formula is C19H34N4O2S. The number of aliphatic imine (C=N–C) groups is 1. The second-order valence-electron chi connectivity index (χ2n) is 6.56. The summed E-state index contributed by atoms with van der Waals surface area (Å²) in [4.78, 5) is 6.68. The van der Waals surface area contributed by atoms with Gasteiger partial charge < -0.3 is 10.6 Å². The molecule has 2 atom stereocenters. The quantitative estimate of drug-likeness (QED) is 0.479. The maximum Gasteiger partial charge on any atom is 0.191 e. The van der Waals surface area contributed by atoms with Crippen LogP contribution in [0.4, 0.5) is 0 Å². The molecule has 148 valence electrons. The van der Waals surface area contributed by atoms with Crippen molar-refractivity contribution in [3.8, 4) is 0 Å². The van der Waals surface area contributed by atoms with Crippen molar-refractivity contribution in [2.24, 2.45) is 4.99 Å². The van der Waals surface area contributed by atoms with Crippen molar-refractivity contribution < 1.29 is 8.42 Å². The molecule has 0 spiro atoms. The Hall–Kier alpha value is -1.60. The third kappa shape index (κ3) is 8.19. The van der Waals surface area contributed by atoms with Crippen molar-refractivity contribution in [3.05, 3.63) is 35.9 Å². The van der Waals surface area contributed by atoms with Crippen LogP contribution in [0.5, 0.6) is 0 Å². The van der Waals surface area contributed by atoms with Gasteiger partial charge in [0.1, 0.15) is 9.84 Å². The van der Waals surface area contributed by atoms with E-state index in [1.54, 1.807) is 7.05 Å². The molecule has 0 heterocycles. The van der Waals surface area contributed by atoms with Gasteiger partial charge >= 0.3 is 0 Å². The van der Waals surface area contributed by atoms with Crippen molar-refractivity contribution in [1.29, 1.82) is 0 Å². The molecule has 0 aliphatic heterocycles. The summed E-state index contributed by atoms with van der Waals surface area (Å²) >= 11 is 0. The van der Waals surface area contributed by atoms with Gasteiger partial charge in [-0.3, -0.25) is 9.89 Å². The van der Waals surface area contributed by atoms with E-state index in [-0.39, 0.29) is 17.8 Å². The maximum atomic E-state index is 11.3. The monoisotopic (exact) mass is 382 g/mol. The SMILES string of the molecule is CCN(CC)C(CNC(=NC)NC(C)CCS(C)(=O)=O)c1ccccc1. The summed E-state index contributed by atoms with van der Waals surface area (Å²) in [5.41, 5.74) is 1.27. The number of likely N-dealkylation sites (N-methyl/N-ethyl adjacent to an activating group) is 1. The number of guanidine groups is 1. The smallest absolute Gasteiger partial charge is 0.191 e. The van der Waals surface area contributed by atoms with Gasteiger partial charge in [0.05, 0.1) is 11.8 Å². The maximum absolute atomic E-state index is 11.3. The van der Waals surface area contributed by atoms with E-state index < -0.39 is 9.84 Å². The topological polar surface area (TPSA) is 73.8 Å². The van der Waals surface area contributed by atoms with E-state index >= 15 is 0 Å². The summed E-state index contributed by atoms with van der Waals surface area (Å²) in [6, 6.07) is 10.7. The van der Waals surface area contributed by atoms with E-state index in [0.29, 0.717) is 12.4 Å². The van der Waals surface area contributed by atoms with Crippen LogP contribution in [0.3, 0.4) is 0 Å². The molecule has 0 bridgehead atoms. The van der Waals surface area contributed by atoms with Gasteiger partial charge in [-0.15, -0.1) is 0 Å². The summed E-state index contributed by atoms with van der Waals surface area (Å²) < 4.78 is 22.6. The lowest BCUT2D eigenvalue weighted by Crippen LogP contribution is -2.46. The van der Waals surface area contributed by atoms with Gasteiger partial charge in [-0.1, -0.05) is 44.2 Å². The number of hydrogen-bond donors (Lipinski definition) is 2. The van der Waals surface area contributed by atoms with Gasteiger partial charge in [0.15, 0.2) is 5.96 Å². The van der Waals surface area contributed by atoms with E-state index in [0.717, 1.165) is 19.6 Å². The zero-order valence-electron chi connectivity index (χ0n) is 16.7. The normalized spacial score (nSPS) is 14.9. The molecule has 6 nitrogen and oxygen atoms in total. The Balaban J connectivity index is 2.70. The van der Waals surface area contributed by atoms with E-state index in [9.17, 15) is 8.42 Å². The zero-order valence-corrected chi connectivity index (χ0v) is 17.5. The Morgan fingerprint density at radius 3 is 2.31 bits per heavy atom. The van der Waals surface area contributed by atoms with Crippen LogP contribution in [0, 0.1) is 0 Å². The molecule has 7 heteroatoms. The fraction of sp³-hybridized carbons (Fsp3) is 0.632. The lowest BCUT2D eigenvalue weighted by molar-refractivity contribution is 0.219. The highest BCUT2D eigenvalue weighted by atomic mass is 32.2. The number of sulfone groups is 1. The first-order valence-corrected chi connectivity index (χ1v) is 11.3. The highest BCUT2D eigenvalue weighted by Gasteiger charge is 2.18. The minimum absolute atomic E-state index is 0.0274. The Kier molecular flexibility index (Phi) is 9.65. The van der Waals surface area contributed by atoms with Crippen LogP contribution in [0.25, 0.3) is 0 Å². The average Bonchev–Trinajstić information content (AvgIpc) is 2.62. The first-order valence-electron chi connectivity index (χ1n) is 9.24. The van der Waals surface area contributed by atoms with Gasteiger partial charge in [-0.2, -0.15) is 0 Å². The Morgan fingerprint density at radius 2 is 1.81 bits per heavy atom. The summed E-state index contributed by atoms with van der Waals surface area (Å²) in [5, 5.41) is 6.67. The lowest BCUT2D eigenvalue weighted by Gasteiger charge is -2.31. The molecule has 2 N–H and O–H groups in total. The fourth-order valence-corrected chi connectivity index (χ4v) is 3.66. The standard InChI is InChI=1S/C19H34N4O2S/c1-6-23(7-2)18(17-11-9-8-10-12-17)15-21-19(20-4)22-16(3)13-14-26(5,24)25/h8-12,16,18H,6-7,13-15H2,1-5H3,(H2,20,21,22). The molecule has 0 saturated heterocycles. The lowest BCUT2D eigenvalue weighted by atomic mass is 10.1. The summed E-state index contributed by atoms with van der Waals surface area (Å²) in [7, 11) is -1.22. The van der Waals surface area contributed by atoms with Gasteiger partial charge in [0, 0.05) is 25.9 Å². The van der Waals surface area contributed by atoms with E-state index in [1.165, 1.54) is 11.8 Å². The number of nitrogens with zero attached hydrogens (tertiary/aromatic N) is 2. The zero-order chi connectivity index (χ0) is 19.6. The van der Waals surface area contributed by atoms with Crippen LogP contribution >= 0.6 is 0 Å². The molecule has 0 saturated carbocycles. The third-order valence-corrected chi connectivity index (χ3v) is 5.41. The summed E-state index contributed by atoms with van der Waals surface area (Å²) in [6.07, 6.45) is 1.82. The molecule has 0 radical (unpaired) electrons. The summed E-state index contributed by atoms with van der Waals surface area (Å²) in [5.74, 6) is 0.864. The van der Waals surface area contributed by atoms with Crippen molar-refractivity contribution >= 4 is 15.8 Å². The Labute approximate surface area is 159 Å². The average molecular weight is 383 g/mol. The highest BCUT2D eigenvalue weighted by molar-refractivity contribution is 7.90.